The van der Waals surface area contributed by atoms with E-state index >= 15 is 0 Å². The second-order valence-corrected chi connectivity index (χ2v) is 11.4. The number of carbonyl (C=O) groups is 1. The third kappa shape index (κ3) is 4.57. The van der Waals surface area contributed by atoms with Crippen molar-refractivity contribution in [3.63, 3.8) is 0 Å². The van der Waals surface area contributed by atoms with E-state index in [-0.39, 0.29) is 27.9 Å². The molecule has 194 valence electrons. The lowest BCUT2D eigenvalue weighted by molar-refractivity contribution is -0.147. The second-order valence-electron chi connectivity index (χ2n) is 9.61. The topological polar surface area (TPSA) is 87.2 Å². The molecule has 2 fully saturated rings. The van der Waals surface area contributed by atoms with Crippen LogP contribution < -0.4 is 9.64 Å². The van der Waals surface area contributed by atoms with Crippen molar-refractivity contribution in [1.29, 1.82) is 0 Å². The highest BCUT2D eigenvalue weighted by Crippen LogP contribution is 2.41. The maximum Gasteiger partial charge on any atom is 0.409 e. The van der Waals surface area contributed by atoms with Gasteiger partial charge in [-0.05, 0) is 74.7 Å². The molecule has 3 atom stereocenters. The molecule has 3 aliphatic heterocycles. The fraction of sp³-hybridized carbons (Fsp3) is 0.458. The summed E-state index contributed by atoms with van der Waals surface area (Å²) in [6.07, 6.45) is -1.64. The quantitative estimate of drug-likeness (QED) is 0.560. The molecule has 7 nitrogen and oxygen atoms in total. The standard InChI is InChI=1S/C24H24ClF3N2O5S/c1-29-14-2-3-15(29)11-17(10-14)35-21-7-4-16(12-20(21)25)30-22(24(26,27)28)9-13-8-18(36(32,33)34)5-6-19(13)23(30)31/h4-8,12,14-15,17,22H,2-3,9-11H2,1H3,(H,32,33,34). The van der Waals surface area contributed by atoms with Crippen LogP contribution in [0.2, 0.25) is 5.02 Å². The van der Waals surface area contributed by atoms with Gasteiger partial charge in [-0.25, -0.2) is 0 Å². The summed E-state index contributed by atoms with van der Waals surface area (Å²) in [5, 5.41) is 0.0972. The lowest BCUT2D eigenvalue weighted by Gasteiger charge is -2.38. The molecule has 5 rings (SSSR count). The zero-order chi connectivity index (χ0) is 26.0. The normalized spacial score (nSPS) is 26.7. The molecule has 2 bridgehead atoms. The first-order valence-electron chi connectivity index (χ1n) is 11.5. The van der Waals surface area contributed by atoms with Crippen molar-refractivity contribution in [2.24, 2.45) is 0 Å². The molecule has 2 aromatic carbocycles. The minimum Gasteiger partial charge on any atom is -0.489 e. The fourth-order valence-corrected chi connectivity index (χ4v) is 6.36. The Balaban J connectivity index is 1.44. The summed E-state index contributed by atoms with van der Waals surface area (Å²) in [5.41, 5.74) is -0.245. The number of benzene rings is 2. The molecule has 1 amide bonds. The van der Waals surface area contributed by atoms with Gasteiger partial charge < -0.3 is 9.64 Å². The van der Waals surface area contributed by atoms with Gasteiger partial charge >= 0.3 is 6.18 Å². The molecule has 0 spiro atoms. The summed E-state index contributed by atoms with van der Waals surface area (Å²) >= 11 is 6.42. The maximum atomic E-state index is 14.1. The van der Waals surface area contributed by atoms with Gasteiger partial charge in [0.1, 0.15) is 17.9 Å². The van der Waals surface area contributed by atoms with Crippen molar-refractivity contribution in [3.8, 4) is 5.75 Å². The van der Waals surface area contributed by atoms with Crippen LogP contribution in [-0.2, 0) is 16.5 Å². The highest BCUT2D eigenvalue weighted by molar-refractivity contribution is 7.85. The van der Waals surface area contributed by atoms with Gasteiger partial charge in [-0.1, -0.05) is 11.6 Å². The molecule has 3 heterocycles. The average Bonchev–Trinajstić information content (AvgIpc) is 2.99. The van der Waals surface area contributed by atoms with Gasteiger partial charge in [-0.2, -0.15) is 21.6 Å². The average molecular weight is 545 g/mol. The van der Waals surface area contributed by atoms with Gasteiger partial charge in [-0.15, -0.1) is 0 Å². The summed E-state index contributed by atoms with van der Waals surface area (Å²) in [5.74, 6) is -0.599. The predicted octanol–water partition coefficient (Wildman–Crippen LogP) is 4.72. The van der Waals surface area contributed by atoms with E-state index in [1.165, 1.54) is 18.2 Å². The van der Waals surface area contributed by atoms with Crippen molar-refractivity contribution >= 4 is 33.3 Å². The smallest absolute Gasteiger partial charge is 0.409 e. The number of halogens is 4. The van der Waals surface area contributed by atoms with Crippen molar-refractivity contribution in [2.75, 3.05) is 11.9 Å². The molecule has 0 saturated carbocycles. The molecule has 0 aromatic heterocycles. The number of fused-ring (bicyclic) bond motifs is 3. The van der Waals surface area contributed by atoms with Crippen LogP contribution in [0.4, 0.5) is 18.9 Å². The first-order valence-corrected chi connectivity index (χ1v) is 13.3. The molecule has 3 unspecified atom stereocenters. The number of piperidine rings is 1. The van der Waals surface area contributed by atoms with Gasteiger partial charge in [-0.3, -0.25) is 14.2 Å². The minimum atomic E-state index is -4.81. The summed E-state index contributed by atoms with van der Waals surface area (Å²) in [6, 6.07) is 5.75. The molecule has 0 aliphatic carbocycles. The van der Waals surface area contributed by atoms with Crippen LogP contribution >= 0.6 is 11.6 Å². The molecule has 3 aliphatic rings. The largest absolute Gasteiger partial charge is 0.489 e. The van der Waals surface area contributed by atoms with Gasteiger partial charge in [0, 0.05) is 29.8 Å². The van der Waals surface area contributed by atoms with Crippen LogP contribution in [0.1, 0.15) is 41.6 Å². The Morgan fingerprint density at radius 1 is 1.08 bits per heavy atom. The van der Waals surface area contributed by atoms with Crippen LogP contribution in [-0.4, -0.2) is 61.2 Å². The first kappa shape index (κ1) is 25.3. The monoisotopic (exact) mass is 544 g/mol. The number of amides is 1. The second kappa shape index (κ2) is 8.90. The van der Waals surface area contributed by atoms with Crippen LogP contribution in [0.3, 0.4) is 0 Å². The Labute approximate surface area is 211 Å². The first-order chi connectivity index (χ1) is 16.8. The van der Waals surface area contributed by atoms with Crippen LogP contribution in [0.25, 0.3) is 0 Å². The van der Waals surface area contributed by atoms with Crippen molar-refractivity contribution in [1.82, 2.24) is 4.90 Å². The molecular formula is C24H24ClF3N2O5S. The third-order valence-corrected chi connectivity index (χ3v) is 8.61. The van der Waals surface area contributed by atoms with Gasteiger partial charge in [0.2, 0.25) is 0 Å². The van der Waals surface area contributed by atoms with E-state index in [0.29, 0.717) is 22.7 Å². The van der Waals surface area contributed by atoms with E-state index in [1.807, 2.05) is 0 Å². The predicted molar refractivity (Wildman–Crippen MR) is 126 cm³/mol. The Morgan fingerprint density at radius 2 is 1.75 bits per heavy atom. The Hall–Kier alpha value is -2.34. The Bertz CT molecular complexity index is 1310. The number of anilines is 1. The van der Waals surface area contributed by atoms with E-state index in [4.69, 9.17) is 16.3 Å². The van der Waals surface area contributed by atoms with Crippen LogP contribution in [0.15, 0.2) is 41.3 Å². The summed E-state index contributed by atoms with van der Waals surface area (Å²) < 4.78 is 80.4. The summed E-state index contributed by atoms with van der Waals surface area (Å²) in [4.78, 5) is 15.6. The summed E-state index contributed by atoms with van der Waals surface area (Å²) in [6.45, 7) is 0. The molecule has 36 heavy (non-hydrogen) atoms. The summed E-state index contributed by atoms with van der Waals surface area (Å²) in [7, 11) is -2.54. The molecular weight excluding hydrogens is 521 g/mol. The van der Waals surface area contributed by atoms with E-state index < -0.39 is 39.6 Å². The van der Waals surface area contributed by atoms with Crippen LogP contribution in [0, 0.1) is 0 Å². The number of rotatable bonds is 4. The fourth-order valence-electron chi connectivity index (χ4n) is 5.61. The molecule has 2 aromatic rings. The molecule has 1 N–H and O–H groups in total. The number of hydrogen-bond donors (Lipinski definition) is 1. The van der Waals surface area contributed by atoms with Crippen molar-refractivity contribution in [3.05, 3.63) is 52.5 Å². The highest BCUT2D eigenvalue weighted by Gasteiger charge is 2.49. The maximum absolute atomic E-state index is 14.1. The van der Waals surface area contributed by atoms with E-state index in [9.17, 15) is 30.9 Å². The number of carbonyl (C=O) groups excluding carboxylic acids is 1. The third-order valence-electron chi connectivity index (χ3n) is 7.47. The number of nitrogens with zero attached hydrogens (tertiary/aromatic N) is 2. The zero-order valence-electron chi connectivity index (χ0n) is 19.2. The SMILES string of the molecule is CN1C2CCC1CC(Oc1ccc(N3C(=O)c4ccc(S(=O)(=O)O)cc4CC3C(F)(F)F)cc1Cl)C2. The lowest BCUT2D eigenvalue weighted by Crippen LogP contribution is -2.53. The molecule has 12 heteroatoms. The number of hydrogen-bond acceptors (Lipinski definition) is 5. The van der Waals surface area contributed by atoms with Gasteiger partial charge in [0.25, 0.3) is 16.0 Å². The van der Waals surface area contributed by atoms with E-state index in [0.717, 1.165) is 43.9 Å². The van der Waals surface area contributed by atoms with Crippen molar-refractivity contribution < 1.29 is 35.7 Å². The lowest BCUT2D eigenvalue weighted by atomic mass is 9.92. The van der Waals surface area contributed by atoms with Crippen LogP contribution in [0.5, 0.6) is 5.75 Å². The Morgan fingerprint density at radius 3 is 2.33 bits per heavy atom. The van der Waals surface area contributed by atoms with E-state index in [1.54, 1.807) is 0 Å². The molecule has 0 radical (unpaired) electrons. The van der Waals surface area contributed by atoms with Gasteiger partial charge in [0.15, 0.2) is 0 Å². The number of alkyl halides is 3. The van der Waals surface area contributed by atoms with E-state index in [2.05, 4.69) is 11.9 Å². The van der Waals surface area contributed by atoms with Crippen molar-refractivity contribution in [2.45, 2.75) is 67.4 Å². The van der Waals surface area contributed by atoms with Gasteiger partial charge in [0.05, 0.1) is 9.92 Å². The highest BCUT2D eigenvalue weighted by atomic mass is 35.5. The molecule has 2 saturated heterocycles. The Kier molecular flexibility index (Phi) is 6.26. The minimum absolute atomic E-state index is 0.0485. The zero-order valence-corrected chi connectivity index (χ0v) is 20.8. The number of ether oxygens (including phenoxy) is 1.